The van der Waals surface area contributed by atoms with E-state index >= 15 is 0 Å². The molecule has 1 aliphatic rings. The van der Waals surface area contributed by atoms with Crippen LogP contribution < -0.4 is 9.04 Å². The van der Waals surface area contributed by atoms with Crippen molar-refractivity contribution in [2.75, 3.05) is 30.8 Å². The summed E-state index contributed by atoms with van der Waals surface area (Å²) in [7, 11) is -1.81. The Kier molecular flexibility index (Phi) is 6.70. The number of hydrogen-bond donors (Lipinski definition) is 0. The minimum atomic E-state index is -3.58. The van der Waals surface area contributed by atoms with Gasteiger partial charge in [0.15, 0.2) is 0 Å². The Bertz CT molecular complexity index is 684. The van der Waals surface area contributed by atoms with Crippen LogP contribution in [0.3, 0.4) is 0 Å². The Morgan fingerprint density at radius 2 is 1.92 bits per heavy atom. The van der Waals surface area contributed by atoms with Crippen LogP contribution in [0.2, 0.25) is 0 Å². The molecule has 1 amide bonds. The topological polar surface area (TPSA) is 66.9 Å². The van der Waals surface area contributed by atoms with Crippen molar-refractivity contribution in [3.63, 3.8) is 0 Å². The zero-order valence-corrected chi connectivity index (χ0v) is 16.1. The molecular weight excluding hydrogens is 340 g/mol. The highest BCUT2D eigenvalue weighted by Gasteiger charge is 2.27. The van der Waals surface area contributed by atoms with Crippen LogP contribution in [0.1, 0.15) is 39.0 Å². The van der Waals surface area contributed by atoms with Crippen LogP contribution in [-0.4, -0.2) is 51.7 Å². The maximum Gasteiger partial charge on any atom is 0.243 e. The molecule has 1 aromatic carbocycles. The molecule has 0 aromatic heterocycles. The van der Waals surface area contributed by atoms with Gasteiger partial charge in [0.25, 0.3) is 0 Å². The molecule has 25 heavy (non-hydrogen) atoms. The normalized spacial score (nSPS) is 15.6. The molecule has 1 saturated carbocycles. The van der Waals surface area contributed by atoms with Crippen molar-refractivity contribution in [2.45, 2.75) is 45.1 Å². The van der Waals surface area contributed by atoms with E-state index in [-0.39, 0.29) is 18.5 Å². The van der Waals surface area contributed by atoms with Crippen molar-refractivity contribution in [2.24, 2.45) is 0 Å². The second-order valence-electron chi connectivity index (χ2n) is 6.50. The first kappa shape index (κ1) is 19.6. The summed E-state index contributed by atoms with van der Waals surface area (Å²) in [6.45, 7) is 2.16. The molecule has 0 N–H and O–H groups in total. The van der Waals surface area contributed by atoms with Gasteiger partial charge in [0.1, 0.15) is 12.3 Å². The lowest BCUT2D eigenvalue weighted by Gasteiger charge is -2.33. The maximum atomic E-state index is 12.7. The van der Waals surface area contributed by atoms with Gasteiger partial charge in [0.05, 0.1) is 18.6 Å². The summed E-state index contributed by atoms with van der Waals surface area (Å²) < 4.78 is 31.1. The van der Waals surface area contributed by atoms with Crippen LogP contribution >= 0.6 is 0 Å². The summed E-state index contributed by atoms with van der Waals surface area (Å²) >= 11 is 0. The van der Waals surface area contributed by atoms with Gasteiger partial charge >= 0.3 is 0 Å². The van der Waals surface area contributed by atoms with E-state index in [0.717, 1.165) is 36.2 Å². The van der Waals surface area contributed by atoms with E-state index in [0.29, 0.717) is 18.0 Å². The lowest BCUT2D eigenvalue weighted by Crippen LogP contribution is -2.45. The number of ether oxygens (including phenoxy) is 1. The van der Waals surface area contributed by atoms with Crippen LogP contribution in [0.25, 0.3) is 0 Å². The minimum Gasteiger partial charge on any atom is -0.494 e. The van der Waals surface area contributed by atoms with Gasteiger partial charge in [-0.3, -0.25) is 9.10 Å². The lowest BCUT2D eigenvalue weighted by atomic mass is 9.94. The summed E-state index contributed by atoms with van der Waals surface area (Å²) in [5, 5.41) is 0. The van der Waals surface area contributed by atoms with Crippen molar-refractivity contribution < 1.29 is 17.9 Å². The van der Waals surface area contributed by atoms with Crippen molar-refractivity contribution >= 4 is 21.6 Å². The summed E-state index contributed by atoms with van der Waals surface area (Å²) in [5.74, 6) is 0.404. The molecule has 0 saturated heterocycles. The van der Waals surface area contributed by atoms with Crippen LogP contribution in [0.5, 0.6) is 5.75 Å². The summed E-state index contributed by atoms with van der Waals surface area (Å²) in [4.78, 5) is 14.4. The predicted octanol–water partition coefficient (Wildman–Crippen LogP) is 2.64. The van der Waals surface area contributed by atoms with E-state index in [1.54, 1.807) is 36.2 Å². The number of amides is 1. The molecule has 0 unspecified atom stereocenters. The number of hydrogen-bond acceptors (Lipinski definition) is 4. The predicted molar refractivity (Wildman–Crippen MR) is 99.4 cm³/mol. The van der Waals surface area contributed by atoms with Crippen LogP contribution in [0.15, 0.2) is 24.3 Å². The fraction of sp³-hybridized carbons (Fsp3) is 0.611. The minimum absolute atomic E-state index is 0.181. The Morgan fingerprint density at radius 1 is 1.24 bits per heavy atom. The Morgan fingerprint density at radius 3 is 2.52 bits per heavy atom. The third-order valence-electron chi connectivity index (χ3n) is 4.61. The molecule has 0 radical (unpaired) electrons. The Hall–Kier alpha value is -1.76. The summed E-state index contributed by atoms with van der Waals surface area (Å²) in [6, 6.07) is 7.03. The van der Waals surface area contributed by atoms with Gasteiger partial charge in [-0.1, -0.05) is 25.3 Å². The van der Waals surface area contributed by atoms with Gasteiger partial charge < -0.3 is 9.64 Å². The lowest BCUT2D eigenvalue weighted by molar-refractivity contribution is -0.130. The van der Waals surface area contributed by atoms with Gasteiger partial charge in [0, 0.05) is 19.2 Å². The van der Waals surface area contributed by atoms with Crippen molar-refractivity contribution in [3.05, 3.63) is 24.3 Å². The quantitative estimate of drug-likeness (QED) is 0.742. The largest absolute Gasteiger partial charge is 0.494 e. The van der Waals surface area contributed by atoms with E-state index in [1.807, 2.05) is 6.92 Å². The molecule has 0 aliphatic heterocycles. The number of carbonyl (C=O) groups excluding carboxylic acids is 1. The SMILES string of the molecule is CCOc1cccc(N(CC(=O)N(C)C2CCCCC2)S(C)(=O)=O)c1. The van der Waals surface area contributed by atoms with Crippen LogP contribution in [0.4, 0.5) is 5.69 Å². The fourth-order valence-corrected chi connectivity index (χ4v) is 4.04. The van der Waals surface area contributed by atoms with Gasteiger partial charge in [-0.05, 0) is 31.9 Å². The molecule has 0 heterocycles. The molecule has 0 atom stereocenters. The van der Waals surface area contributed by atoms with Crippen molar-refractivity contribution in [1.82, 2.24) is 4.90 Å². The average molecular weight is 368 g/mol. The zero-order chi connectivity index (χ0) is 18.4. The Balaban J connectivity index is 2.18. The molecule has 6 nitrogen and oxygen atoms in total. The number of rotatable bonds is 7. The third kappa shape index (κ3) is 5.36. The second-order valence-corrected chi connectivity index (χ2v) is 8.40. The van der Waals surface area contributed by atoms with E-state index in [9.17, 15) is 13.2 Å². The average Bonchev–Trinajstić information content (AvgIpc) is 2.59. The third-order valence-corrected chi connectivity index (χ3v) is 5.75. The van der Waals surface area contributed by atoms with Gasteiger partial charge in [-0.2, -0.15) is 0 Å². The molecule has 0 bridgehead atoms. The standard InChI is InChI=1S/C18H28N2O4S/c1-4-24-17-12-8-11-16(13-17)20(25(3,22)23)14-18(21)19(2)15-9-6-5-7-10-15/h8,11-13,15H,4-7,9-10,14H2,1-3H3. The molecule has 2 rings (SSSR count). The van der Waals surface area contributed by atoms with Gasteiger partial charge in [-0.25, -0.2) is 8.42 Å². The molecule has 0 spiro atoms. The second kappa shape index (κ2) is 8.56. The first-order valence-electron chi connectivity index (χ1n) is 8.79. The van der Waals surface area contributed by atoms with Gasteiger partial charge in [-0.15, -0.1) is 0 Å². The number of benzene rings is 1. The fourth-order valence-electron chi connectivity index (χ4n) is 3.20. The van der Waals surface area contributed by atoms with Crippen LogP contribution in [0, 0.1) is 0 Å². The monoisotopic (exact) mass is 368 g/mol. The molecule has 1 fully saturated rings. The summed E-state index contributed by atoms with van der Waals surface area (Å²) in [5.41, 5.74) is 0.443. The first-order chi connectivity index (χ1) is 11.8. The summed E-state index contributed by atoms with van der Waals surface area (Å²) in [6.07, 6.45) is 6.54. The first-order valence-corrected chi connectivity index (χ1v) is 10.6. The molecule has 1 aromatic rings. The van der Waals surface area contributed by atoms with Crippen LogP contribution in [-0.2, 0) is 14.8 Å². The highest BCUT2D eigenvalue weighted by molar-refractivity contribution is 7.92. The highest BCUT2D eigenvalue weighted by Crippen LogP contribution is 2.25. The maximum absolute atomic E-state index is 12.7. The number of likely N-dealkylation sites (N-methyl/N-ethyl adjacent to an activating group) is 1. The zero-order valence-electron chi connectivity index (χ0n) is 15.3. The van der Waals surface area contributed by atoms with Crippen molar-refractivity contribution in [3.8, 4) is 5.75 Å². The number of carbonyl (C=O) groups is 1. The molecular formula is C18H28N2O4S. The smallest absolute Gasteiger partial charge is 0.243 e. The van der Waals surface area contributed by atoms with E-state index in [4.69, 9.17) is 4.74 Å². The molecule has 1 aliphatic carbocycles. The van der Waals surface area contributed by atoms with Gasteiger partial charge in [0.2, 0.25) is 15.9 Å². The number of nitrogens with zero attached hydrogens (tertiary/aromatic N) is 2. The number of sulfonamides is 1. The molecule has 140 valence electrons. The van der Waals surface area contributed by atoms with E-state index < -0.39 is 10.0 Å². The van der Waals surface area contributed by atoms with Crippen molar-refractivity contribution in [1.29, 1.82) is 0 Å². The Labute approximate surface area is 150 Å². The number of anilines is 1. The highest BCUT2D eigenvalue weighted by atomic mass is 32.2. The van der Waals surface area contributed by atoms with E-state index in [1.165, 1.54) is 6.42 Å². The molecule has 7 heteroatoms. The van der Waals surface area contributed by atoms with E-state index in [2.05, 4.69) is 0 Å².